The molecule has 1 aliphatic rings. The lowest BCUT2D eigenvalue weighted by molar-refractivity contribution is 0.0304. The molecule has 0 aromatic carbocycles. The second-order valence-electron chi connectivity index (χ2n) is 3.75. The summed E-state index contributed by atoms with van der Waals surface area (Å²) in [5.74, 6) is 0. The van der Waals surface area contributed by atoms with Crippen LogP contribution in [0.3, 0.4) is 0 Å². The lowest BCUT2D eigenvalue weighted by atomic mass is 10.4. The summed E-state index contributed by atoms with van der Waals surface area (Å²) in [7, 11) is -2.30. The van der Waals surface area contributed by atoms with Gasteiger partial charge in [-0.05, 0) is 13.1 Å². The predicted octanol–water partition coefficient (Wildman–Crippen LogP) is 0.0293. The number of ether oxygens (including phenoxy) is 1. The Hall–Kier alpha value is 0.0569. The summed E-state index contributed by atoms with van der Waals surface area (Å²) in [4.78, 5) is 11.7. The van der Waals surface area contributed by atoms with E-state index in [1.165, 1.54) is 0 Å². The zero-order valence-electron chi connectivity index (χ0n) is 8.45. The van der Waals surface area contributed by atoms with Crippen LogP contribution in [-0.2, 0) is 9.16 Å². The standard InChI is InChI=1S/C8H19NO3Si/c1-13(2,10)12-8-5-9-3-6-11-7-4-9/h10H,3-8H2,1-2H3. The third-order valence-corrected chi connectivity index (χ3v) is 2.88. The maximum Gasteiger partial charge on any atom is 0.329 e. The van der Waals surface area contributed by atoms with E-state index >= 15 is 0 Å². The van der Waals surface area contributed by atoms with Crippen LogP contribution in [0.5, 0.6) is 0 Å². The van der Waals surface area contributed by atoms with Crippen molar-refractivity contribution >= 4 is 8.56 Å². The third-order valence-electron chi connectivity index (χ3n) is 1.97. The first-order valence-electron chi connectivity index (χ1n) is 4.74. The van der Waals surface area contributed by atoms with Gasteiger partial charge in [-0.25, -0.2) is 0 Å². The molecular formula is C8H19NO3Si. The smallest absolute Gasteiger partial charge is 0.329 e. The molecule has 1 aliphatic heterocycles. The summed E-state index contributed by atoms with van der Waals surface area (Å²) in [5, 5.41) is 0. The number of hydrogen-bond donors (Lipinski definition) is 1. The lowest BCUT2D eigenvalue weighted by Crippen LogP contribution is -2.40. The molecule has 0 bridgehead atoms. The molecule has 1 heterocycles. The van der Waals surface area contributed by atoms with Gasteiger partial charge in [-0.1, -0.05) is 0 Å². The zero-order valence-corrected chi connectivity index (χ0v) is 9.45. The summed E-state index contributed by atoms with van der Waals surface area (Å²) in [6, 6.07) is 0. The van der Waals surface area contributed by atoms with Crippen LogP contribution in [0.25, 0.3) is 0 Å². The van der Waals surface area contributed by atoms with E-state index in [0.29, 0.717) is 6.61 Å². The largest absolute Gasteiger partial charge is 0.411 e. The van der Waals surface area contributed by atoms with Crippen LogP contribution in [0, 0.1) is 0 Å². The molecule has 13 heavy (non-hydrogen) atoms. The second kappa shape index (κ2) is 5.07. The SMILES string of the molecule is C[Si](C)(O)OCCN1CCOCC1. The molecule has 1 saturated heterocycles. The Morgan fingerprint density at radius 3 is 2.54 bits per heavy atom. The molecule has 0 atom stereocenters. The second-order valence-corrected chi connectivity index (χ2v) is 6.93. The van der Waals surface area contributed by atoms with Gasteiger partial charge in [0.15, 0.2) is 0 Å². The quantitative estimate of drug-likeness (QED) is 0.658. The fourth-order valence-corrected chi connectivity index (χ4v) is 1.84. The summed E-state index contributed by atoms with van der Waals surface area (Å²) >= 11 is 0. The number of nitrogens with zero attached hydrogens (tertiary/aromatic N) is 1. The van der Waals surface area contributed by atoms with E-state index in [2.05, 4.69) is 4.90 Å². The Balaban J connectivity index is 2.04. The summed E-state index contributed by atoms with van der Waals surface area (Å²) in [5.41, 5.74) is 0. The molecule has 1 N–H and O–H groups in total. The highest BCUT2D eigenvalue weighted by Crippen LogP contribution is 2.00. The molecule has 5 heteroatoms. The van der Waals surface area contributed by atoms with Crippen LogP contribution in [0.4, 0.5) is 0 Å². The Labute approximate surface area is 80.7 Å². The molecule has 0 radical (unpaired) electrons. The Morgan fingerprint density at radius 1 is 1.38 bits per heavy atom. The summed E-state index contributed by atoms with van der Waals surface area (Å²) in [6.45, 7) is 8.71. The molecule has 1 fully saturated rings. The molecule has 4 nitrogen and oxygen atoms in total. The number of hydrogen-bond acceptors (Lipinski definition) is 4. The van der Waals surface area contributed by atoms with Crippen molar-refractivity contribution in [3.05, 3.63) is 0 Å². The average Bonchev–Trinajstić information content (AvgIpc) is 2.04. The molecule has 78 valence electrons. The summed E-state index contributed by atoms with van der Waals surface area (Å²) < 4.78 is 10.6. The van der Waals surface area contributed by atoms with Gasteiger partial charge < -0.3 is 14.0 Å². The van der Waals surface area contributed by atoms with Crippen LogP contribution < -0.4 is 0 Å². The average molecular weight is 205 g/mol. The molecule has 0 amide bonds. The fraction of sp³-hybridized carbons (Fsp3) is 1.00. The number of morpholine rings is 1. The third kappa shape index (κ3) is 5.38. The zero-order chi connectivity index (χ0) is 9.73. The Kier molecular flexibility index (Phi) is 4.34. The van der Waals surface area contributed by atoms with Crippen LogP contribution in [0.2, 0.25) is 13.1 Å². The van der Waals surface area contributed by atoms with Crippen molar-refractivity contribution in [2.24, 2.45) is 0 Å². The van der Waals surface area contributed by atoms with E-state index in [1.54, 1.807) is 13.1 Å². The maximum atomic E-state index is 9.42. The van der Waals surface area contributed by atoms with Gasteiger partial charge in [-0.2, -0.15) is 0 Å². The van der Waals surface area contributed by atoms with Crippen molar-refractivity contribution in [2.45, 2.75) is 13.1 Å². The molecule has 0 saturated carbocycles. The molecule has 0 unspecified atom stereocenters. The first-order valence-corrected chi connectivity index (χ1v) is 7.60. The van der Waals surface area contributed by atoms with Crippen molar-refractivity contribution in [2.75, 3.05) is 39.5 Å². The van der Waals surface area contributed by atoms with E-state index in [1.807, 2.05) is 0 Å². The van der Waals surface area contributed by atoms with Crippen LogP contribution in [0.1, 0.15) is 0 Å². The van der Waals surface area contributed by atoms with Crippen molar-refractivity contribution < 1.29 is 14.0 Å². The number of rotatable bonds is 4. The topological polar surface area (TPSA) is 41.9 Å². The Bertz CT molecular complexity index is 143. The molecular weight excluding hydrogens is 186 g/mol. The van der Waals surface area contributed by atoms with Crippen LogP contribution in [0.15, 0.2) is 0 Å². The highest BCUT2D eigenvalue weighted by molar-refractivity contribution is 6.63. The molecule has 0 aromatic rings. The van der Waals surface area contributed by atoms with Gasteiger partial charge in [-0.3, -0.25) is 4.90 Å². The molecule has 0 spiro atoms. The van der Waals surface area contributed by atoms with E-state index in [-0.39, 0.29) is 0 Å². The van der Waals surface area contributed by atoms with Crippen molar-refractivity contribution in [3.63, 3.8) is 0 Å². The van der Waals surface area contributed by atoms with Crippen LogP contribution in [-0.4, -0.2) is 57.7 Å². The van der Waals surface area contributed by atoms with E-state index < -0.39 is 8.56 Å². The van der Waals surface area contributed by atoms with Gasteiger partial charge in [-0.15, -0.1) is 0 Å². The fourth-order valence-electron chi connectivity index (χ4n) is 1.25. The predicted molar refractivity (Wildman–Crippen MR) is 52.9 cm³/mol. The minimum absolute atomic E-state index is 0.635. The first-order chi connectivity index (χ1) is 6.08. The van der Waals surface area contributed by atoms with Crippen molar-refractivity contribution in [3.8, 4) is 0 Å². The van der Waals surface area contributed by atoms with Gasteiger partial charge >= 0.3 is 8.56 Å². The minimum Gasteiger partial charge on any atom is -0.411 e. The van der Waals surface area contributed by atoms with Crippen molar-refractivity contribution in [1.29, 1.82) is 0 Å². The van der Waals surface area contributed by atoms with E-state index in [0.717, 1.165) is 32.8 Å². The molecule has 0 aromatic heterocycles. The highest BCUT2D eigenvalue weighted by atomic mass is 28.4. The van der Waals surface area contributed by atoms with E-state index in [9.17, 15) is 4.80 Å². The Morgan fingerprint density at radius 2 is 2.00 bits per heavy atom. The lowest BCUT2D eigenvalue weighted by Gasteiger charge is -2.27. The van der Waals surface area contributed by atoms with Gasteiger partial charge in [0, 0.05) is 26.2 Å². The monoisotopic (exact) mass is 205 g/mol. The normalized spacial score (nSPS) is 20.5. The van der Waals surface area contributed by atoms with Gasteiger partial charge in [0.05, 0.1) is 13.2 Å². The van der Waals surface area contributed by atoms with E-state index in [4.69, 9.17) is 9.16 Å². The van der Waals surface area contributed by atoms with Gasteiger partial charge in [0.25, 0.3) is 0 Å². The van der Waals surface area contributed by atoms with Crippen molar-refractivity contribution in [1.82, 2.24) is 4.90 Å². The van der Waals surface area contributed by atoms with Gasteiger partial charge in [0.2, 0.25) is 0 Å². The highest BCUT2D eigenvalue weighted by Gasteiger charge is 2.19. The minimum atomic E-state index is -2.30. The van der Waals surface area contributed by atoms with Crippen LogP contribution >= 0.6 is 0 Å². The van der Waals surface area contributed by atoms with Gasteiger partial charge in [0.1, 0.15) is 0 Å². The molecule has 0 aliphatic carbocycles. The maximum absolute atomic E-state index is 9.42. The summed E-state index contributed by atoms with van der Waals surface area (Å²) in [6.07, 6.45) is 0. The molecule has 1 rings (SSSR count). The first kappa shape index (κ1) is 11.1.